The Hall–Kier alpha value is -1.62. The van der Waals surface area contributed by atoms with Crippen molar-refractivity contribution in [1.29, 1.82) is 0 Å². The second kappa shape index (κ2) is 7.75. The Bertz CT molecular complexity index is 257. The smallest absolute Gasteiger partial charge is 0.333 e. The predicted octanol–water partition coefficient (Wildman–Crippen LogP) is 0.197. The van der Waals surface area contributed by atoms with E-state index in [1.54, 1.807) is 0 Å². The summed E-state index contributed by atoms with van der Waals surface area (Å²) in [6.45, 7) is 6.40. The largest absolute Gasteiger partial charge is 0.459 e. The summed E-state index contributed by atoms with van der Waals surface area (Å²) in [6, 6.07) is 0. The van der Waals surface area contributed by atoms with E-state index in [0.717, 1.165) is 6.08 Å². The van der Waals surface area contributed by atoms with Gasteiger partial charge in [-0.25, -0.2) is 9.59 Å². The van der Waals surface area contributed by atoms with Crippen LogP contribution in [0.4, 0.5) is 0 Å². The number of hydrogen-bond donors (Lipinski definition) is 1. The number of rotatable bonds is 7. The molecule has 84 valence electrons. The lowest BCUT2D eigenvalue weighted by molar-refractivity contribution is -0.146. The maximum Gasteiger partial charge on any atom is 0.333 e. The van der Waals surface area contributed by atoms with E-state index in [-0.39, 0.29) is 31.8 Å². The van der Waals surface area contributed by atoms with Gasteiger partial charge in [0, 0.05) is 24.7 Å². The van der Waals surface area contributed by atoms with Gasteiger partial charge in [-0.3, -0.25) is 0 Å². The topological polar surface area (TPSA) is 72.8 Å². The molecular weight excluding hydrogens is 200 g/mol. The van der Waals surface area contributed by atoms with E-state index in [2.05, 4.69) is 17.9 Å². The van der Waals surface area contributed by atoms with Crippen molar-refractivity contribution in [2.75, 3.05) is 19.8 Å². The van der Waals surface area contributed by atoms with Crippen LogP contribution in [0.25, 0.3) is 0 Å². The quantitative estimate of drug-likeness (QED) is 0.372. The van der Waals surface area contributed by atoms with E-state index in [1.807, 2.05) is 0 Å². The summed E-state index contributed by atoms with van der Waals surface area (Å²) in [7, 11) is 0. The van der Waals surface area contributed by atoms with Crippen LogP contribution in [0.2, 0.25) is 0 Å². The summed E-state index contributed by atoms with van der Waals surface area (Å²) in [6.07, 6.45) is 1.19. The molecule has 0 bridgehead atoms. The van der Waals surface area contributed by atoms with Crippen LogP contribution >= 0.6 is 0 Å². The highest BCUT2D eigenvalue weighted by atomic mass is 16.6. The molecule has 0 aliphatic carbocycles. The third-order valence-electron chi connectivity index (χ3n) is 1.43. The SMILES string of the molecule is C=CC(=O)OCCOC(=O)C(=C)CCO. The molecular formula is C10H14O5. The standard InChI is InChI=1S/C10H14O5/c1-3-9(12)14-6-7-15-10(13)8(2)4-5-11/h3,11H,1-2,4-7H2. The molecule has 0 aliphatic rings. The highest BCUT2D eigenvalue weighted by molar-refractivity contribution is 5.87. The summed E-state index contributed by atoms with van der Waals surface area (Å²) >= 11 is 0. The Morgan fingerprint density at radius 3 is 2.40 bits per heavy atom. The number of aliphatic hydroxyl groups is 1. The molecule has 0 unspecified atom stereocenters. The molecule has 0 aliphatic heterocycles. The Morgan fingerprint density at radius 1 is 1.27 bits per heavy atom. The average molecular weight is 214 g/mol. The molecule has 5 nitrogen and oxygen atoms in total. The number of carbonyl (C=O) groups is 2. The maximum absolute atomic E-state index is 11.1. The van der Waals surface area contributed by atoms with Gasteiger partial charge in [0.2, 0.25) is 0 Å². The highest BCUT2D eigenvalue weighted by Gasteiger charge is 2.07. The fraction of sp³-hybridized carbons (Fsp3) is 0.400. The van der Waals surface area contributed by atoms with Crippen molar-refractivity contribution >= 4 is 11.9 Å². The molecule has 15 heavy (non-hydrogen) atoms. The molecule has 1 N–H and O–H groups in total. The zero-order valence-corrected chi connectivity index (χ0v) is 8.40. The van der Waals surface area contributed by atoms with Gasteiger partial charge >= 0.3 is 11.9 Å². The fourth-order valence-corrected chi connectivity index (χ4v) is 0.675. The zero-order chi connectivity index (χ0) is 11.7. The predicted molar refractivity (Wildman–Crippen MR) is 53.0 cm³/mol. The summed E-state index contributed by atoms with van der Waals surface area (Å²) in [4.78, 5) is 21.6. The number of hydrogen-bond acceptors (Lipinski definition) is 5. The minimum Gasteiger partial charge on any atom is -0.459 e. The van der Waals surface area contributed by atoms with Gasteiger partial charge in [-0.2, -0.15) is 0 Å². The van der Waals surface area contributed by atoms with Crippen LogP contribution in [0.5, 0.6) is 0 Å². The van der Waals surface area contributed by atoms with Crippen molar-refractivity contribution in [2.24, 2.45) is 0 Å². The normalized spacial score (nSPS) is 9.13. The monoisotopic (exact) mass is 214 g/mol. The van der Waals surface area contributed by atoms with Crippen molar-refractivity contribution in [3.8, 4) is 0 Å². The summed E-state index contributed by atoms with van der Waals surface area (Å²) in [5, 5.41) is 8.51. The molecule has 0 atom stereocenters. The van der Waals surface area contributed by atoms with Gasteiger partial charge in [-0.15, -0.1) is 0 Å². The second-order valence-corrected chi connectivity index (χ2v) is 2.58. The second-order valence-electron chi connectivity index (χ2n) is 2.58. The number of carbonyl (C=O) groups excluding carboxylic acids is 2. The van der Waals surface area contributed by atoms with Crippen LogP contribution in [0.3, 0.4) is 0 Å². The first-order valence-corrected chi connectivity index (χ1v) is 4.36. The lowest BCUT2D eigenvalue weighted by atomic mass is 10.2. The zero-order valence-electron chi connectivity index (χ0n) is 8.40. The van der Waals surface area contributed by atoms with Crippen molar-refractivity contribution in [1.82, 2.24) is 0 Å². The van der Waals surface area contributed by atoms with Crippen LogP contribution in [-0.2, 0) is 19.1 Å². The first-order chi connectivity index (χ1) is 7.11. The minimum absolute atomic E-state index is 0.0248. The Kier molecular flexibility index (Phi) is 6.92. The van der Waals surface area contributed by atoms with Crippen LogP contribution in [0.1, 0.15) is 6.42 Å². The minimum atomic E-state index is -0.598. The lowest BCUT2D eigenvalue weighted by Crippen LogP contribution is -2.14. The van der Waals surface area contributed by atoms with E-state index >= 15 is 0 Å². The molecule has 5 heteroatoms. The maximum atomic E-state index is 11.1. The van der Waals surface area contributed by atoms with Gasteiger partial charge in [0.25, 0.3) is 0 Å². The van der Waals surface area contributed by atoms with Crippen molar-refractivity contribution in [3.05, 3.63) is 24.8 Å². The Morgan fingerprint density at radius 2 is 1.87 bits per heavy atom. The molecule has 0 spiro atoms. The lowest BCUT2D eigenvalue weighted by Gasteiger charge is -2.05. The van der Waals surface area contributed by atoms with Crippen LogP contribution < -0.4 is 0 Å². The first-order valence-electron chi connectivity index (χ1n) is 4.36. The molecule has 0 aromatic rings. The van der Waals surface area contributed by atoms with Crippen LogP contribution in [0, 0.1) is 0 Å². The summed E-state index contributed by atoms with van der Waals surface area (Å²) in [5.41, 5.74) is 0.188. The fourth-order valence-electron chi connectivity index (χ4n) is 0.675. The Balaban J connectivity index is 3.59. The third-order valence-corrected chi connectivity index (χ3v) is 1.43. The number of ether oxygens (including phenoxy) is 2. The molecule has 0 amide bonds. The van der Waals surface area contributed by atoms with E-state index in [9.17, 15) is 9.59 Å². The number of esters is 2. The van der Waals surface area contributed by atoms with Crippen LogP contribution in [-0.4, -0.2) is 36.9 Å². The summed E-state index contributed by atoms with van der Waals surface area (Å²) in [5.74, 6) is -1.17. The molecule has 0 heterocycles. The Labute approximate surface area is 88.0 Å². The van der Waals surface area contributed by atoms with Gasteiger partial charge in [0.15, 0.2) is 0 Å². The van der Waals surface area contributed by atoms with E-state index in [4.69, 9.17) is 9.84 Å². The molecule has 0 saturated carbocycles. The van der Waals surface area contributed by atoms with Gasteiger partial charge in [0.1, 0.15) is 13.2 Å². The van der Waals surface area contributed by atoms with E-state index < -0.39 is 11.9 Å². The van der Waals surface area contributed by atoms with Crippen molar-refractivity contribution < 1.29 is 24.2 Å². The number of aliphatic hydroxyl groups excluding tert-OH is 1. The first kappa shape index (κ1) is 13.4. The molecule has 0 radical (unpaired) electrons. The van der Waals surface area contributed by atoms with Gasteiger partial charge in [0.05, 0.1) is 0 Å². The molecule has 0 saturated heterocycles. The molecule has 0 fully saturated rings. The highest BCUT2D eigenvalue weighted by Crippen LogP contribution is 1.99. The third kappa shape index (κ3) is 6.45. The van der Waals surface area contributed by atoms with Crippen molar-refractivity contribution in [3.63, 3.8) is 0 Å². The van der Waals surface area contributed by atoms with E-state index in [0.29, 0.717) is 0 Å². The van der Waals surface area contributed by atoms with Crippen LogP contribution in [0.15, 0.2) is 24.8 Å². The van der Waals surface area contributed by atoms with Gasteiger partial charge < -0.3 is 14.6 Å². The van der Waals surface area contributed by atoms with Gasteiger partial charge in [-0.05, 0) is 0 Å². The molecule has 0 aromatic heterocycles. The van der Waals surface area contributed by atoms with Crippen molar-refractivity contribution in [2.45, 2.75) is 6.42 Å². The summed E-state index contributed by atoms with van der Waals surface area (Å²) < 4.78 is 9.26. The average Bonchev–Trinajstić information content (AvgIpc) is 2.23. The molecule has 0 rings (SSSR count). The van der Waals surface area contributed by atoms with E-state index in [1.165, 1.54) is 0 Å². The van der Waals surface area contributed by atoms with Gasteiger partial charge in [-0.1, -0.05) is 13.2 Å². The molecule has 0 aromatic carbocycles.